The third-order valence-electron chi connectivity index (χ3n) is 2.88. The third kappa shape index (κ3) is 3.58. The fourth-order valence-corrected chi connectivity index (χ4v) is 2.73. The van der Waals surface area contributed by atoms with Gasteiger partial charge in [-0.3, -0.25) is 0 Å². The molecule has 20 heavy (non-hydrogen) atoms. The zero-order valence-corrected chi connectivity index (χ0v) is 13.3. The van der Waals surface area contributed by atoms with Crippen molar-refractivity contribution in [3.05, 3.63) is 11.4 Å². The van der Waals surface area contributed by atoms with E-state index in [9.17, 15) is 0 Å². The molecule has 0 saturated carbocycles. The molecule has 2 rings (SSSR count). The van der Waals surface area contributed by atoms with Gasteiger partial charge >= 0.3 is 0 Å². The smallest absolute Gasteiger partial charge is 0.226 e. The Bertz CT molecular complexity index is 567. The monoisotopic (exact) mass is 294 g/mol. The van der Waals surface area contributed by atoms with Crippen molar-refractivity contribution in [2.24, 2.45) is 0 Å². The van der Waals surface area contributed by atoms with Crippen LogP contribution < -0.4 is 10.6 Å². The molecular weight excluding hydrogens is 272 g/mol. The van der Waals surface area contributed by atoms with Crippen molar-refractivity contribution in [1.82, 2.24) is 9.97 Å². The van der Waals surface area contributed by atoms with Gasteiger partial charge in [-0.1, -0.05) is 0 Å². The van der Waals surface area contributed by atoms with Gasteiger partial charge < -0.3 is 15.4 Å². The Morgan fingerprint density at radius 2 is 2.05 bits per heavy atom. The molecular formula is C14H22N4OS. The lowest BCUT2D eigenvalue weighted by Crippen LogP contribution is -2.33. The van der Waals surface area contributed by atoms with Crippen LogP contribution in [0.3, 0.4) is 0 Å². The quantitative estimate of drug-likeness (QED) is 0.820. The van der Waals surface area contributed by atoms with Gasteiger partial charge in [-0.05, 0) is 39.1 Å². The molecule has 0 radical (unpaired) electrons. The van der Waals surface area contributed by atoms with E-state index in [4.69, 9.17) is 4.74 Å². The molecule has 2 heterocycles. The Labute approximate surface area is 123 Å². The van der Waals surface area contributed by atoms with E-state index in [0.717, 1.165) is 22.6 Å². The average Bonchev–Trinajstić information content (AvgIpc) is 2.84. The average molecular weight is 294 g/mol. The number of nitrogens with one attached hydrogen (secondary N) is 2. The summed E-state index contributed by atoms with van der Waals surface area (Å²) in [7, 11) is 0. The summed E-state index contributed by atoms with van der Waals surface area (Å²) in [5, 5.41) is 9.65. The van der Waals surface area contributed by atoms with Gasteiger partial charge in [-0.2, -0.15) is 4.98 Å². The number of fused-ring (bicyclic) bond motifs is 1. The number of hydrogen-bond acceptors (Lipinski definition) is 6. The Kier molecular flexibility index (Phi) is 4.77. The van der Waals surface area contributed by atoms with Crippen molar-refractivity contribution in [2.45, 2.75) is 33.3 Å². The van der Waals surface area contributed by atoms with E-state index < -0.39 is 0 Å². The predicted octanol–water partition coefficient (Wildman–Crippen LogP) is 3.35. The summed E-state index contributed by atoms with van der Waals surface area (Å²) in [5.74, 6) is 1.53. The van der Waals surface area contributed by atoms with Gasteiger partial charge in [0.25, 0.3) is 0 Å². The summed E-state index contributed by atoms with van der Waals surface area (Å²) in [5.41, 5.74) is -0.222. The van der Waals surface area contributed by atoms with Crippen LogP contribution in [0.15, 0.2) is 11.4 Å². The van der Waals surface area contributed by atoms with E-state index >= 15 is 0 Å². The molecule has 0 bridgehead atoms. The number of aromatic nitrogens is 2. The number of hydrogen-bond donors (Lipinski definition) is 2. The summed E-state index contributed by atoms with van der Waals surface area (Å²) in [6, 6.07) is 2.05. The molecule has 0 aromatic carbocycles. The summed E-state index contributed by atoms with van der Waals surface area (Å²) in [4.78, 5) is 10.0. The second-order valence-corrected chi connectivity index (χ2v) is 6.01. The van der Waals surface area contributed by atoms with Gasteiger partial charge in [0.2, 0.25) is 5.95 Å². The van der Waals surface area contributed by atoms with Crippen LogP contribution in [-0.2, 0) is 4.74 Å². The summed E-state index contributed by atoms with van der Waals surface area (Å²) < 4.78 is 5.70. The van der Waals surface area contributed by atoms with E-state index in [-0.39, 0.29) is 5.60 Å². The number of nitrogens with zero attached hydrogens (tertiary/aromatic N) is 2. The lowest BCUT2D eigenvalue weighted by molar-refractivity contribution is 0.000664. The fraction of sp³-hybridized carbons (Fsp3) is 0.571. The predicted molar refractivity (Wildman–Crippen MR) is 85.8 cm³/mol. The summed E-state index contributed by atoms with van der Waals surface area (Å²) in [6.45, 7) is 10.4. The van der Waals surface area contributed by atoms with E-state index in [0.29, 0.717) is 19.1 Å². The van der Waals surface area contributed by atoms with Gasteiger partial charge in [0.05, 0.1) is 11.0 Å². The number of ether oxygens (including phenoxy) is 1. The first-order chi connectivity index (χ1) is 9.55. The number of rotatable bonds is 7. The molecule has 0 spiro atoms. The minimum Gasteiger partial charge on any atom is -0.374 e. The highest BCUT2D eigenvalue weighted by molar-refractivity contribution is 7.16. The van der Waals surface area contributed by atoms with Crippen LogP contribution >= 0.6 is 11.3 Å². The zero-order chi connectivity index (χ0) is 14.6. The van der Waals surface area contributed by atoms with Crippen molar-refractivity contribution >= 4 is 33.3 Å². The van der Waals surface area contributed by atoms with E-state index in [1.807, 2.05) is 25.3 Å². The number of anilines is 2. The first kappa shape index (κ1) is 15.0. The van der Waals surface area contributed by atoms with Crippen molar-refractivity contribution in [2.75, 3.05) is 30.3 Å². The Morgan fingerprint density at radius 1 is 1.25 bits per heavy atom. The Balaban J connectivity index is 2.21. The first-order valence-corrected chi connectivity index (χ1v) is 7.80. The number of thiophene rings is 1. The molecule has 0 aliphatic carbocycles. The molecule has 0 atom stereocenters. The standard InChI is InChI=1S/C14H22N4OS/c1-5-15-13-17-11(10-7-8-20-12(10)18-13)16-9-14(3,4)19-6-2/h7-8H,5-6,9H2,1-4H3,(H2,15,16,17,18). The summed E-state index contributed by atoms with van der Waals surface area (Å²) >= 11 is 1.62. The lowest BCUT2D eigenvalue weighted by atomic mass is 10.1. The molecule has 2 N–H and O–H groups in total. The fourth-order valence-electron chi connectivity index (χ4n) is 1.97. The van der Waals surface area contributed by atoms with Gasteiger partial charge in [0.15, 0.2) is 0 Å². The van der Waals surface area contributed by atoms with Crippen LogP contribution in [0.25, 0.3) is 10.2 Å². The molecule has 0 aliphatic rings. The normalized spacial score (nSPS) is 11.8. The highest BCUT2D eigenvalue weighted by atomic mass is 32.1. The maximum Gasteiger partial charge on any atom is 0.226 e. The third-order valence-corrected chi connectivity index (χ3v) is 3.68. The molecule has 0 aliphatic heterocycles. The molecule has 5 nitrogen and oxygen atoms in total. The molecule has 0 amide bonds. The first-order valence-electron chi connectivity index (χ1n) is 6.92. The molecule has 110 valence electrons. The SMILES string of the molecule is CCNc1nc(NCC(C)(C)OCC)c2ccsc2n1. The molecule has 0 fully saturated rings. The van der Waals surface area contributed by atoms with Crippen molar-refractivity contribution in [3.8, 4) is 0 Å². The maximum absolute atomic E-state index is 5.70. The van der Waals surface area contributed by atoms with Crippen LogP contribution in [-0.4, -0.2) is 35.3 Å². The van der Waals surface area contributed by atoms with Crippen LogP contribution in [0.1, 0.15) is 27.7 Å². The largest absolute Gasteiger partial charge is 0.374 e. The minimum atomic E-state index is -0.222. The highest BCUT2D eigenvalue weighted by Crippen LogP contribution is 2.27. The van der Waals surface area contributed by atoms with Crippen molar-refractivity contribution < 1.29 is 4.74 Å². The Hall–Kier alpha value is -1.40. The van der Waals surface area contributed by atoms with Crippen LogP contribution in [0.4, 0.5) is 11.8 Å². The lowest BCUT2D eigenvalue weighted by Gasteiger charge is -2.25. The minimum absolute atomic E-state index is 0.222. The second-order valence-electron chi connectivity index (χ2n) is 5.11. The summed E-state index contributed by atoms with van der Waals surface area (Å²) in [6.07, 6.45) is 0. The molecule has 2 aromatic rings. The van der Waals surface area contributed by atoms with Gasteiger partial charge in [0.1, 0.15) is 10.6 Å². The molecule has 6 heteroatoms. The second kappa shape index (κ2) is 6.37. The zero-order valence-electron chi connectivity index (χ0n) is 12.5. The van der Waals surface area contributed by atoms with Gasteiger partial charge in [0, 0.05) is 19.7 Å². The molecule has 2 aromatic heterocycles. The van der Waals surface area contributed by atoms with E-state index in [1.165, 1.54) is 0 Å². The van der Waals surface area contributed by atoms with E-state index in [2.05, 4.69) is 34.4 Å². The van der Waals surface area contributed by atoms with Gasteiger partial charge in [-0.25, -0.2) is 4.98 Å². The maximum atomic E-state index is 5.70. The molecule has 0 saturated heterocycles. The van der Waals surface area contributed by atoms with Crippen LogP contribution in [0, 0.1) is 0 Å². The van der Waals surface area contributed by atoms with E-state index in [1.54, 1.807) is 11.3 Å². The van der Waals surface area contributed by atoms with Crippen LogP contribution in [0.5, 0.6) is 0 Å². The Morgan fingerprint density at radius 3 is 2.75 bits per heavy atom. The van der Waals surface area contributed by atoms with Crippen molar-refractivity contribution in [3.63, 3.8) is 0 Å². The topological polar surface area (TPSA) is 59.1 Å². The molecule has 0 unspecified atom stereocenters. The highest BCUT2D eigenvalue weighted by Gasteiger charge is 2.18. The van der Waals surface area contributed by atoms with Crippen molar-refractivity contribution in [1.29, 1.82) is 0 Å². The van der Waals surface area contributed by atoms with Gasteiger partial charge in [-0.15, -0.1) is 11.3 Å². The van der Waals surface area contributed by atoms with Crippen LogP contribution in [0.2, 0.25) is 0 Å².